The van der Waals surface area contributed by atoms with Crippen molar-refractivity contribution in [3.8, 4) is 0 Å². The summed E-state index contributed by atoms with van der Waals surface area (Å²) in [6, 6.07) is 11.1. The summed E-state index contributed by atoms with van der Waals surface area (Å²) in [6.07, 6.45) is 1.50. The molecule has 1 amide bonds. The molecule has 2 aromatic heterocycles. The van der Waals surface area contributed by atoms with Gasteiger partial charge < -0.3 is 9.88 Å². The number of amides is 1. The van der Waals surface area contributed by atoms with Crippen LogP contribution in [0.5, 0.6) is 0 Å². The van der Waals surface area contributed by atoms with Gasteiger partial charge in [0.15, 0.2) is 0 Å². The van der Waals surface area contributed by atoms with E-state index in [1.165, 1.54) is 6.20 Å². The van der Waals surface area contributed by atoms with Crippen LogP contribution in [0.4, 0.5) is 5.82 Å². The molecule has 6 heteroatoms. The van der Waals surface area contributed by atoms with Gasteiger partial charge in [-0.2, -0.15) is 0 Å². The number of aromatic nitrogens is 3. The fourth-order valence-electron chi connectivity index (χ4n) is 2.17. The summed E-state index contributed by atoms with van der Waals surface area (Å²) in [5, 5.41) is 3.27. The predicted octanol–water partition coefficient (Wildman–Crippen LogP) is 3.03. The molecule has 0 aliphatic carbocycles. The van der Waals surface area contributed by atoms with Crippen LogP contribution in [0.3, 0.4) is 0 Å². The van der Waals surface area contributed by atoms with Gasteiger partial charge in [0.25, 0.3) is 0 Å². The molecule has 0 fully saturated rings. The van der Waals surface area contributed by atoms with E-state index in [9.17, 15) is 4.79 Å². The summed E-state index contributed by atoms with van der Waals surface area (Å²) in [4.78, 5) is 20.6. The smallest absolute Gasteiger partial charge is 0.245 e. The van der Waals surface area contributed by atoms with Gasteiger partial charge in [0.2, 0.25) is 5.91 Å². The Morgan fingerprint density at radius 2 is 2.10 bits per heavy atom. The Hall–Kier alpha value is -2.40. The number of nitrogens with one attached hydrogen (secondary N) is 1. The third-order valence-corrected chi connectivity index (χ3v) is 3.37. The van der Waals surface area contributed by atoms with Crippen molar-refractivity contribution >= 4 is 34.4 Å². The number of imidazole rings is 1. The van der Waals surface area contributed by atoms with Crippen LogP contribution in [0, 0.1) is 6.92 Å². The Morgan fingerprint density at radius 3 is 2.86 bits per heavy atom. The summed E-state index contributed by atoms with van der Waals surface area (Å²) in [7, 11) is 0. The molecular weight excluding hydrogens is 288 g/mol. The molecule has 0 saturated carbocycles. The number of hydrogen-bond acceptors (Lipinski definition) is 3. The third-order valence-electron chi connectivity index (χ3n) is 3.14. The SMILES string of the molecule is Cc1nc2ccccc2n1CC(=O)Nc1ccc(Cl)cn1. The molecule has 0 radical (unpaired) electrons. The molecule has 0 bridgehead atoms. The van der Waals surface area contributed by atoms with E-state index in [-0.39, 0.29) is 12.5 Å². The van der Waals surface area contributed by atoms with Gasteiger partial charge in [0.1, 0.15) is 18.2 Å². The van der Waals surface area contributed by atoms with Crippen LogP contribution in [0.15, 0.2) is 42.6 Å². The molecule has 3 rings (SSSR count). The number of hydrogen-bond donors (Lipinski definition) is 1. The van der Waals surface area contributed by atoms with E-state index < -0.39 is 0 Å². The summed E-state index contributed by atoms with van der Waals surface area (Å²) >= 11 is 5.76. The first kappa shape index (κ1) is 13.6. The molecule has 106 valence electrons. The van der Waals surface area contributed by atoms with Crippen LogP contribution in [0.2, 0.25) is 5.02 Å². The molecule has 0 aliphatic rings. The van der Waals surface area contributed by atoms with Crippen molar-refractivity contribution in [1.82, 2.24) is 14.5 Å². The average molecular weight is 301 g/mol. The number of halogens is 1. The van der Waals surface area contributed by atoms with Gasteiger partial charge in [-0.05, 0) is 31.2 Å². The minimum atomic E-state index is -0.156. The molecular formula is C15H13ClN4O. The number of rotatable bonds is 3. The Kier molecular flexibility index (Phi) is 3.58. The maximum Gasteiger partial charge on any atom is 0.245 e. The zero-order chi connectivity index (χ0) is 14.8. The average Bonchev–Trinajstić information content (AvgIpc) is 2.78. The molecule has 1 aromatic carbocycles. The molecule has 0 saturated heterocycles. The zero-order valence-electron chi connectivity index (χ0n) is 11.4. The Morgan fingerprint density at radius 1 is 1.29 bits per heavy atom. The summed E-state index contributed by atoms with van der Waals surface area (Å²) in [5.41, 5.74) is 1.82. The lowest BCUT2D eigenvalue weighted by Crippen LogP contribution is -2.20. The highest BCUT2D eigenvalue weighted by atomic mass is 35.5. The lowest BCUT2D eigenvalue weighted by atomic mass is 10.3. The van der Waals surface area contributed by atoms with Crippen molar-refractivity contribution in [1.29, 1.82) is 0 Å². The number of fused-ring (bicyclic) bond motifs is 1. The predicted molar refractivity (Wildman–Crippen MR) is 82.3 cm³/mol. The van der Waals surface area contributed by atoms with Crippen molar-refractivity contribution in [3.05, 3.63) is 53.4 Å². The first-order valence-electron chi connectivity index (χ1n) is 6.47. The number of carbonyl (C=O) groups is 1. The standard InChI is InChI=1S/C15H13ClN4O/c1-10-18-12-4-2-3-5-13(12)20(10)9-15(21)19-14-7-6-11(16)8-17-14/h2-8H,9H2,1H3,(H,17,19,21). The molecule has 1 N–H and O–H groups in total. The molecule has 0 spiro atoms. The first-order valence-corrected chi connectivity index (χ1v) is 6.84. The van der Waals surface area contributed by atoms with Gasteiger partial charge in [-0.25, -0.2) is 9.97 Å². The number of benzene rings is 1. The lowest BCUT2D eigenvalue weighted by molar-refractivity contribution is -0.116. The van der Waals surface area contributed by atoms with Gasteiger partial charge in [-0.15, -0.1) is 0 Å². The van der Waals surface area contributed by atoms with Gasteiger partial charge in [-0.3, -0.25) is 4.79 Å². The summed E-state index contributed by atoms with van der Waals surface area (Å²) < 4.78 is 1.88. The lowest BCUT2D eigenvalue weighted by Gasteiger charge is -2.07. The quantitative estimate of drug-likeness (QED) is 0.809. The topological polar surface area (TPSA) is 59.8 Å². The summed E-state index contributed by atoms with van der Waals surface area (Å²) in [5.74, 6) is 1.12. The minimum absolute atomic E-state index is 0.156. The molecule has 0 unspecified atom stereocenters. The molecule has 3 aromatic rings. The zero-order valence-corrected chi connectivity index (χ0v) is 12.1. The highest BCUT2D eigenvalue weighted by Crippen LogP contribution is 2.15. The second kappa shape index (κ2) is 5.54. The first-order chi connectivity index (χ1) is 10.1. The van der Waals surface area contributed by atoms with E-state index >= 15 is 0 Å². The normalized spacial score (nSPS) is 10.8. The van der Waals surface area contributed by atoms with Crippen LogP contribution in [-0.2, 0) is 11.3 Å². The van der Waals surface area contributed by atoms with Crippen molar-refractivity contribution in [2.75, 3.05) is 5.32 Å². The highest BCUT2D eigenvalue weighted by Gasteiger charge is 2.11. The van der Waals surface area contributed by atoms with E-state index in [1.807, 2.05) is 35.8 Å². The highest BCUT2D eigenvalue weighted by molar-refractivity contribution is 6.30. The van der Waals surface area contributed by atoms with Gasteiger partial charge in [-0.1, -0.05) is 23.7 Å². The minimum Gasteiger partial charge on any atom is -0.319 e. The number of pyridine rings is 1. The maximum absolute atomic E-state index is 12.1. The van der Waals surface area contributed by atoms with Crippen LogP contribution in [-0.4, -0.2) is 20.4 Å². The van der Waals surface area contributed by atoms with E-state index in [1.54, 1.807) is 12.1 Å². The van der Waals surface area contributed by atoms with E-state index in [4.69, 9.17) is 11.6 Å². The second-order valence-electron chi connectivity index (χ2n) is 4.64. The molecule has 5 nitrogen and oxygen atoms in total. The van der Waals surface area contributed by atoms with Crippen molar-refractivity contribution < 1.29 is 4.79 Å². The van der Waals surface area contributed by atoms with E-state index in [0.717, 1.165) is 16.9 Å². The number of aryl methyl sites for hydroxylation is 1. The van der Waals surface area contributed by atoms with Crippen molar-refractivity contribution in [2.24, 2.45) is 0 Å². The number of carbonyl (C=O) groups excluding carboxylic acids is 1. The fourth-order valence-corrected chi connectivity index (χ4v) is 2.28. The van der Waals surface area contributed by atoms with Crippen LogP contribution in [0.25, 0.3) is 11.0 Å². The van der Waals surface area contributed by atoms with Gasteiger partial charge in [0, 0.05) is 6.20 Å². The Balaban J connectivity index is 1.80. The van der Waals surface area contributed by atoms with Crippen LogP contribution in [0.1, 0.15) is 5.82 Å². The van der Waals surface area contributed by atoms with Crippen molar-refractivity contribution in [3.63, 3.8) is 0 Å². The largest absolute Gasteiger partial charge is 0.319 e. The number of anilines is 1. The van der Waals surface area contributed by atoms with Crippen LogP contribution >= 0.6 is 11.6 Å². The van der Waals surface area contributed by atoms with E-state index in [2.05, 4.69) is 15.3 Å². The van der Waals surface area contributed by atoms with Crippen molar-refractivity contribution in [2.45, 2.75) is 13.5 Å². The molecule has 0 aliphatic heterocycles. The van der Waals surface area contributed by atoms with Gasteiger partial charge >= 0.3 is 0 Å². The molecule has 2 heterocycles. The molecule has 21 heavy (non-hydrogen) atoms. The van der Waals surface area contributed by atoms with Crippen LogP contribution < -0.4 is 5.32 Å². The monoisotopic (exact) mass is 300 g/mol. The Labute approximate surface area is 126 Å². The third kappa shape index (κ3) is 2.87. The van der Waals surface area contributed by atoms with E-state index in [0.29, 0.717) is 10.8 Å². The number of para-hydroxylation sites is 2. The Bertz CT molecular complexity index is 795. The fraction of sp³-hybridized carbons (Fsp3) is 0.133. The maximum atomic E-state index is 12.1. The molecule has 0 atom stereocenters. The summed E-state index contributed by atoms with van der Waals surface area (Å²) in [6.45, 7) is 2.07. The van der Waals surface area contributed by atoms with Gasteiger partial charge in [0.05, 0.1) is 16.1 Å². The number of nitrogens with zero attached hydrogens (tertiary/aromatic N) is 3. The second-order valence-corrected chi connectivity index (χ2v) is 5.08.